The Labute approximate surface area is 149 Å². The third-order valence-corrected chi connectivity index (χ3v) is 5.44. The Morgan fingerprint density at radius 1 is 1.08 bits per heavy atom. The molecule has 5 nitrogen and oxygen atoms in total. The Kier molecular flexibility index (Phi) is 5.52. The molecule has 0 bridgehead atoms. The Hall–Kier alpha value is -2.34. The number of amides is 1. The van der Waals surface area contributed by atoms with Crippen LogP contribution in [0.4, 0.5) is 5.69 Å². The monoisotopic (exact) mass is 360 g/mol. The topological polar surface area (TPSA) is 66.5 Å². The highest BCUT2D eigenvalue weighted by Crippen LogP contribution is 2.20. The lowest BCUT2D eigenvalue weighted by Crippen LogP contribution is -2.27. The number of hydrogen-bond donors (Lipinski definition) is 1. The van der Waals surface area contributed by atoms with Gasteiger partial charge in [0, 0.05) is 12.6 Å². The van der Waals surface area contributed by atoms with Gasteiger partial charge in [-0.1, -0.05) is 23.8 Å². The molecular formula is C19H24N2O3S. The van der Waals surface area contributed by atoms with Gasteiger partial charge in [0.1, 0.15) is 0 Å². The van der Waals surface area contributed by atoms with Gasteiger partial charge in [0.2, 0.25) is 10.0 Å². The average Bonchev–Trinajstić information content (AvgIpc) is 2.53. The maximum atomic E-state index is 12.4. The molecule has 0 aliphatic carbocycles. The summed E-state index contributed by atoms with van der Waals surface area (Å²) in [6.45, 7) is 6.01. The fraction of sp³-hybridized carbons (Fsp3) is 0.316. The van der Waals surface area contributed by atoms with E-state index in [0.29, 0.717) is 11.3 Å². The van der Waals surface area contributed by atoms with E-state index >= 15 is 0 Å². The molecule has 1 atom stereocenters. The number of anilines is 1. The van der Waals surface area contributed by atoms with E-state index in [1.807, 2.05) is 32.9 Å². The first-order valence-corrected chi connectivity index (χ1v) is 9.86. The fourth-order valence-corrected chi connectivity index (χ4v) is 3.19. The van der Waals surface area contributed by atoms with Gasteiger partial charge in [0.05, 0.1) is 18.0 Å². The molecule has 2 aromatic carbocycles. The lowest BCUT2D eigenvalue weighted by atomic mass is 10.00. The zero-order valence-electron chi connectivity index (χ0n) is 15.2. The van der Waals surface area contributed by atoms with Gasteiger partial charge in [-0.05, 0) is 56.2 Å². The van der Waals surface area contributed by atoms with E-state index in [2.05, 4.69) is 11.4 Å². The molecule has 2 aromatic rings. The van der Waals surface area contributed by atoms with Gasteiger partial charge in [-0.15, -0.1) is 0 Å². The molecule has 0 saturated heterocycles. The molecule has 25 heavy (non-hydrogen) atoms. The van der Waals surface area contributed by atoms with Gasteiger partial charge in [-0.25, -0.2) is 8.42 Å². The van der Waals surface area contributed by atoms with Crippen LogP contribution in [0.5, 0.6) is 0 Å². The zero-order chi connectivity index (χ0) is 18.8. The number of carbonyl (C=O) groups is 1. The summed E-state index contributed by atoms with van der Waals surface area (Å²) in [5, 5.41) is 2.98. The number of nitrogens with zero attached hydrogens (tertiary/aromatic N) is 1. The zero-order valence-corrected chi connectivity index (χ0v) is 16.0. The molecule has 0 saturated carbocycles. The molecule has 1 amide bonds. The standard InChI is InChI=1S/C19H24N2O3S/c1-13-6-11-18(14(2)12-13)15(3)20-19(22)16-7-9-17(10-8-16)21(4)25(5,23)24/h6-12,15H,1-5H3,(H,20,22). The molecule has 0 radical (unpaired) electrons. The van der Waals surface area contributed by atoms with Gasteiger partial charge in [0.25, 0.3) is 5.91 Å². The van der Waals surface area contributed by atoms with Crippen LogP contribution in [0.15, 0.2) is 42.5 Å². The predicted molar refractivity (Wildman–Crippen MR) is 101 cm³/mol. The molecule has 0 aliphatic heterocycles. The average molecular weight is 360 g/mol. The van der Waals surface area contributed by atoms with Crippen LogP contribution in [0, 0.1) is 13.8 Å². The van der Waals surface area contributed by atoms with Crippen molar-refractivity contribution in [3.8, 4) is 0 Å². The summed E-state index contributed by atoms with van der Waals surface area (Å²) in [6.07, 6.45) is 1.14. The van der Waals surface area contributed by atoms with Crippen LogP contribution in [-0.4, -0.2) is 27.6 Å². The fourth-order valence-electron chi connectivity index (χ4n) is 2.68. The van der Waals surface area contributed by atoms with Crippen molar-refractivity contribution < 1.29 is 13.2 Å². The first-order valence-electron chi connectivity index (χ1n) is 8.01. The van der Waals surface area contributed by atoms with Crippen molar-refractivity contribution in [3.05, 3.63) is 64.7 Å². The predicted octanol–water partition coefficient (Wildman–Crippen LogP) is 3.19. The Bertz CT molecular complexity index is 874. The highest BCUT2D eigenvalue weighted by atomic mass is 32.2. The van der Waals surface area contributed by atoms with Crippen LogP contribution in [0.3, 0.4) is 0 Å². The Balaban J connectivity index is 2.13. The maximum absolute atomic E-state index is 12.4. The quantitative estimate of drug-likeness (QED) is 0.890. The highest BCUT2D eigenvalue weighted by Gasteiger charge is 2.15. The largest absolute Gasteiger partial charge is 0.346 e. The summed E-state index contributed by atoms with van der Waals surface area (Å²) in [5.41, 5.74) is 4.40. The lowest BCUT2D eigenvalue weighted by Gasteiger charge is -2.18. The van der Waals surface area contributed by atoms with Crippen molar-refractivity contribution in [2.24, 2.45) is 0 Å². The van der Waals surface area contributed by atoms with Gasteiger partial charge >= 0.3 is 0 Å². The van der Waals surface area contributed by atoms with Crippen LogP contribution >= 0.6 is 0 Å². The second-order valence-electron chi connectivity index (χ2n) is 6.33. The van der Waals surface area contributed by atoms with Crippen LogP contribution in [0.2, 0.25) is 0 Å². The van der Waals surface area contributed by atoms with E-state index in [4.69, 9.17) is 0 Å². The van der Waals surface area contributed by atoms with Crippen molar-refractivity contribution in [2.75, 3.05) is 17.6 Å². The number of sulfonamides is 1. The number of nitrogens with one attached hydrogen (secondary N) is 1. The van der Waals surface area contributed by atoms with Crippen LogP contribution < -0.4 is 9.62 Å². The molecule has 134 valence electrons. The molecule has 0 aliphatic rings. The van der Waals surface area contributed by atoms with Crippen LogP contribution in [0.25, 0.3) is 0 Å². The third kappa shape index (κ3) is 4.60. The van der Waals surface area contributed by atoms with Crippen molar-refractivity contribution in [3.63, 3.8) is 0 Å². The molecule has 1 unspecified atom stereocenters. The minimum atomic E-state index is -3.32. The first kappa shape index (κ1) is 19.0. The molecule has 0 heterocycles. The summed E-state index contributed by atoms with van der Waals surface area (Å²) < 4.78 is 24.3. The van der Waals surface area contributed by atoms with E-state index in [0.717, 1.165) is 17.4 Å². The number of benzene rings is 2. The van der Waals surface area contributed by atoms with E-state index < -0.39 is 10.0 Å². The van der Waals surface area contributed by atoms with Crippen LogP contribution in [0.1, 0.15) is 40.0 Å². The van der Waals surface area contributed by atoms with Gasteiger partial charge in [0.15, 0.2) is 0 Å². The highest BCUT2D eigenvalue weighted by molar-refractivity contribution is 7.92. The Morgan fingerprint density at radius 2 is 1.68 bits per heavy atom. The number of hydrogen-bond acceptors (Lipinski definition) is 3. The molecule has 6 heteroatoms. The first-order chi connectivity index (χ1) is 11.6. The Morgan fingerprint density at radius 3 is 2.20 bits per heavy atom. The van der Waals surface area contributed by atoms with Gasteiger partial charge < -0.3 is 5.32 Å². The summed E-state index contributed by atoms with van der Waals surface area (Å²) >= 11 is 0. The molecule has 0 aromatic heterocycles. The summed E-state index contributed by atoms with van der Waals surface area (Å²) in [5.74, 6) is -0.193. The van der Waals surface area contributed by atoms with Crippen molar-refractivity contribution in [1.29, 1.82) is 0 Å². The minimum Gasteiger partial charge on any atom is -0.346 e. The SMILES string of the molecule is Cc1ccc(C(C)NC(=O)c2ccc(N(C)S(C)(=O)=O)cc2)c(C)c1. The number of carbonyl (C=O) groups excluding carboxylic acids is 1. The normalized spacial score (nSPS) is 12.5. The molecule has 0 fully saturated rings. The van der Waals surface area contributed by atoms with E-state index in [9.17, 15) is 13.2 Å². The smallest absolute Gasteiger partial charge is 0.251 e. The van der Waals surface area contributed by atoms with Crippen molar-refractivity contribution >= 4 is 21.6 Å². The van der Waals surface area contributed by atoms with E-state index in [1.54, 1.807) is 24.3 Å². The molecular weight excluding hydrogens is 336 g/mol. The molecule has 2 rings (SSSR count). The third-order valence-electron chi connectivity index (χ3n) is 4.23. The van der Waals surface area contributed by atoms with Gasteiger partial charge in [-0.2, -0.15) is 0 Å². The number of aryl methyl sites for hydroxylation is 2. The second kappa shape index (κ2) is 7.27. The van der Waals surface area contributed by atoms with Gasteiger partial charge in [-0.3, -0.25) is 9.10 Å². The minimum absolute atomic E-state index is 0.119. The molecule has 1 N–H and O–H groups in total. The lowest BCUT2D eigenvalue weighted by molar-refractivity contribution is 0.0940. The summed E-state index contributed by atoms with van der Waals surface area (Å²) in [6, 6.07) is 12.5. The second-order valence-corrected chi connectivity index (χ2v) is 8.35. The molecule has 0 spiro atoms. The van der Waals surface area contributed by atoms with Crippen LogP contribution in [-0.2, 0) is 10.0 Å². The van der Waals surface area contributed by atoms with Crippen molar-refractivity contribution in [1.82, 2.24) is 5.32 Å². The summed E-state index contributed by atoms with van der Waals surface area (Å²) in [4.78, 5) is 12.4. The van der Waals surface area contributed by atoms with Crippen molar-refractivity contribution in [2.45, 2.75) is 26.8 Å². The van der Waals surface area contributed by atoms with E-state index in [-0.39, 0.29) is 11.9 Å². The van der Waals surface area contributed by atoms with E-state index in [1.165, 1.54) is 16.9 Å². The number of rotatable bonds is 5. The maximum Gasteiger partial charge on any atom is 0.251 e. The summed E-state index contributed by atoms with van der Waals surface area (Å²) in [7, 11) is -1.84.